The molecule has 16 heavy (non-hydrogen) atoms. The first-order valence-corrected chi connectivity index (χ1v) is 5.42. The van der Waals surface area contributed by atoms with Crippen LogP contribution >= 0.6 is 0 Å². The average Bonchev–Trinajstić information content (AvgIpc) is 2.42. The lowest BCUT2D eigenvalue weighted by molar-refractivity contribution is -0.136. The molecule has 1 aromatic heterocycles. The van der Waals surface area contributed by atoms with Crippen molar-refractivity contribution in [2.45, 2.75) is 40.2 Å². The van der Waals surface area contributed by atoms with Gasteiger partial charge in [-0.25, -0.2) is 0 Å². The van der Waals surface area contributed by atoms with Crippen molar-refractivity contribution in [1.82, 2.24) is 9.78 Å². The van der Waals surface area contributed by atoms with E-state index in [1.54, 1.807) is 6.92 Å². The Balaban J connectivity index is 2.89. The lowest BCUT2D eigenvalue weighted by Crippen LogP contribution is -2.21. The van der Waals surface area contributed by atoms with Gasteiger partial charge in [0.2, 0.25) is 0 Å². The molecule has 0 atom stereocenters. The third kappa shape index (κ3) is 2.98. The highest BCUT2D eigenvalue weighted by atomic mass is 16.4. The van der Waals surface area contributed by atoms with Crippen molar-refractivity contribution in [3.63, 3.8) is 0 Å². The Morgan fingerprint density at radius 2 is 2.12 bits per heavy atom. The fourth-order valence-corrected chi connectivity index (χ4v) is 1.55. The maximum absolute atomic E-state index is 11.8. The summed E-state index contributed by atoms with van der Waals surface area (Å²) in [6, 6.07) is 0. The number of nitrogens with zero attached hydrogens (tertiary/aromatic N) is 1. The normalized spacial score (nSPS) is 11.0. The van der Waals surface area contributed by atoms with Crippen molar-refractivity contribution < 1.29 is 9.90 Å². The molecule has 0 saturated heterocycles. The summed E-state index contributed by atoms with van der Waals surface area (Å²) in [4.78, 5) is 22.4. The van der Waals surface area contributed by atoms with Crippen molar-refractivity contribution in [3.8, 4) is 0 Å². The lowest BCUT2D eigenvalue weighted by atomic mass is 10.1. The van der Waals surface area contributed by atoms with E-state index in [4.69, 9.17) is 5.11 Å². The summed E-state index contributed by atoms with van der Waals surface area (Å²) in [5, 5.41) is 11.6. The van der Waals surface area contributed by atoms with Crippen molar-refractivity contribution in [1.29, 1.82) is 0 Å². The molecule has 0 aliphatic heterocycles. The molecular formula is C11H18N2O3. The molecule has 1 rings (SSSR count). The van der Waals surface area contributed by atoms with Crippen molar-refractivity contribution in [2.24, 2.45) is 5.92 Å². The highest BCUT2D eigenvalue weighted by molar-refractivity contribution is 5.70. The summed E-state index contributed by atoms with van der Waals surface area (Å²) in [7, 11) is 0. The monoisotopic (exact) mass is 226 g/mol. The van der Waals surface area contributed by atoms with E-state index in [-0.39, 0.29) is 12.0 Å². The summed E-state index contributed by atoms with van der Waals surface area (Å²) >= 11 is 0. The predicted molar refractivity (Wildman–Crippen MR) is 60.6 cm³/mol. The molecule has 0 aromatic carbocycles. The van der Waals surface area contributed by atoms with Gasteiger partial charge in [-0.3, -0.25) is 19.4 Å². The number of aromatic nitrogens is 2. The van der Waals surface area contributed by atoms with Gasteiger partial charge >= 0.3 is 5.97 Å². The fourth-order valence-electron chi connectivity index (χ4n) is 1.55. The molecule has 0 radical (unpaired) electrons. The highest BCUT2D eigenvalue weighted by Crippen LogP contribution is 2.04. The van der Waals surface area contributed by atoms with Gasteiger partial charge in [-0.05, 0) is 19.3 Å². The van der Waals surface area contributed by atoms with E-state index in [0.29, 0.717) is 23.7 Å². The topological polar surface area (TPSA) is 75.1 Å². The molecule has 2 N–H and O–H groups in total. The fraction of sp³-hybridized carbons (Fsp3) is 0.636. The van der Waals surface area contributed by atoms with Crippen LogP contribution in [0.2, 0.25) is 0 Å². The van der Waals surface area contributed by atoms with E-state index in [9.17, 15) is 9.59 Å². The first-order valence-electron chi connectivity index (χ1n) is 5.42. The molecule has 5 nitrogen and oxygen atoms in total. The lowest BCUT2D eigenvalue weighted by Gasteiger charge is -2.04. The van der Waals surface area contributed by atoms with Gasteiger partial charge in [0.1, 0.15) is 0 Å². The maximum atomic E-state index is 11.8. The molecule has 1 heterocycles. The summed E-state index contributed by atoms with van der Waals surface area (Å²) in [6.45, 7) is 6.50. The van der Waals surface area contributed by atoms with E-state index in [1.807, 2.05) is 0 Å². The Kier molecular flexibility index (Phi) is 3.93. The van der Waals surface area contributed by atoms with Crippen LogP contribution in [0.1, 0.15) is 31.5 Å². The van der Waals surface area contributed by atoms with E-state index >= 15 is 0 Å². The zero-order valence-corrected chi connectivity index (χ0v) is 9.91. The summed E-state index contributed by atoms with van der Waals surface area (Å²) in [6.07, 6.45) is 0.683. The second kappa shape index (κ2) is 5.01. The quantitative estimate of drug-likeness (QED) is 0.791. The van der Waals surface area contributed by atoms with Gasteiger partial charge in [-0.2, -0.15) is 0 Å². The van der Waals surface area contributed by atoms with Gasteiger partial charge in [0, 0.05) is 12.2 Å². The van der Waals surface area contributed by atoms with Crippen LogP contribution in [0.5, 0.6) is 0 Å². The second-order valence-electron chi connectivity index (χ2n) is 4.43. The van der Waals surface area contributed by atoms with Crippen LogP contribution in [0, 0.1) is 12.8 Å². The maximum Gasteiger partial charge on any atom is 0.308 e. The number of hydrogen-bond donors (Lipinski definition) is 2. The van der Waals surface area contributed by atoms with Crippen LogP contribution in [-0.2, 0) is 17.8 Å². The van der Waals surface area contributed by atoms with Gasteiger partial charge < -0.3 is 5.11 Å². The van der Waals surface area contributed by atoms with Gasteiger partial charge in [-0.1, -0.05) is 13.8 Å². The van der Waals surface area contributed by atoms with Crippen LogP contribution in [0.15, 0.2) is 4.79 Å². The average molecular weight is 226 g/mol. The third-order valence-electron chi connectivity index (χ3n) is 2.52. The summed E-state index contributed by atoms with van der Waals surface area (Å²) < 4.78 is 1.49. The van der Waals surface area contributed by atoms with Gasteiger partial charge in [0.05, 0.1) is 12.0 Å². The third-order valence-corrected chi connectivity index (χ3v) is 2.52. The minimum Gasteiger partial charge on any atom is -0.481 e. The first-order chi connectivity index (χ1) is 7.41. The predicted octanol–water partition coefficient (Wildman–Crippen LogP) is 1.16. The zero-order valence-electron chi connectivity index (χ0n) is 9.91. The number of rotatable bonds is 5. The standard InChI is InChI=1S/C11H18N2O3/c1-7(2)4-5-13-11(16)9(6-10(14)15)8(3)12-13/h7,12H,4-6H2,1-3H3,(H,14,15). The summed E-state index contributed by atoms with van der Waals surface area (Å²) in [5.74, 6) is -0.464. The van der Waals surface area contributed by atoms with E-state index in [0.717, 1.165) is 6.42 Å². The van der Waals surface area contributed by atoms with E-state index in [2.05, 4.69) is 18.9 Å². The number of carboxylic acid groups (broad SMARTS) is 1. The first kappa shape index (κ1) is 12.5. The van der Waals surface area contributed by atoms with Gasteiger partial charge in [0.25, 0.3) is 5.56 Å². The zero-order chi connectivity index (χ0) is 12.3. The number of H-pyrrole nitrogens is 1. The van der Waals surface area contributed by atoms with Crippen LogP contribution in [0.25, 0.3) is 0 Å². The van der Waals surface area contributed by atoms with Crippen molar-refractivity contribution in [3.05, 3.63) is 21.6 Å². The van der Waals surface area contributed by atoms with E-state index < -0.39 is 5.97 Å². The molecule has 0 amide bonds. The Morgan fingerprint density at radius 1 is 1.50 bits per heavy atom. The Labute approximate surface area is 94.1 Å². The minimum absolute atomic E-state index is 0.208. The Bertz CT molecular complexity index is 429. The smallest absolute Gasteiger partial charge is 0.308 e. The Hall–Kier alpha value is -1.52. The van der Waals surface area contributed by atoms with Crippen molar-refractivity contribution >= 4 is 5.97 Å². The van der Waals surface area contributed by atoms with Crippen LogP contribution in [0.3, 0.4) is 0 Å². The number of hydrogen-bond acceptors (Lipinski definition) is 2. The largest absolute Gasteiger partial charge is 0.481 e. The molecule has 0 unspecified atom stereocenters. The van der Waals surface area contributed by atoms with Gasteiger partial charge in [0.15, 0.2) is 0 Å². The van der Waals surface area contributed by atoms with E-state index in [1.165, 1.54) is 4.68 Å². The number of nitrogens with one attached hydrogen (secondary N) is 1. The summed E-state index contributed by atoms with van der Waals surface area (Å²) in [5.41, 5.74) is 0.799. The molecule has 0 aliphatic rings. The number of aliphatic carboxylic acids is 1. The SMILES string of the molecule is Cc1[nH]n(CCC(C)C)c(=O)c1CC(=O)O. The van der Waals surface area contributed by atoms with Crippen LogP contribution in [0.4, 0.5) is 0 Å². The van der Waals surface area contributed by atoms with Gasteiger partial charge in [-0.15, -0.1) is 0 Å². The molecule has 0 bridgehead atoms. The number of aryl methyl sites for hydroxylation is 2. The second-order valence-corrected chi connectivity index (χ2v) is 4.43. The number of aromatic amines is 1. The number of carbonyl (C=O) groups is 1. The molecule has 90 valence electrons. The number of carboxylic acids is 1. The molecular weight excluding hydrogens is 208 g/mol. The molecule has 0 saturated carbocycles. The molecule has 0 fully saturated rings. The Morgan fingerprint density at radius 3 is 2.62 bits per heavy atom. The highest BCUT2D eigenvalue weighted by Gasteiger charge is 2.13. The van der Waals surface area contributed by atoms with Crippen LogP contribution in [-0.4, -0.2) is 20.9 Å². The minimum atomic E-state index is -0.977. The molecule has 1 aromatic rings. The molecule has 5 heteroatoms. The molecule has 0 spiro atoms. The molecule has 0 aliphatic carbocycles. The van der Waals surface area contributed by atoms with Crippen molar-refractivity contribution in [2.75, 3.05) is 0 Å². The van der Waals surface area contributed by atoms with Crippen LogP contribution < -0.4 is 5.56 Å².